The normalized spacial score (nSPS) is 0. The first kappa shape index (κ1) is 11400. The third-order valence-electron chi connectivity index (χ3n) is 0. The average Bonchev–Trinajstić information content (AvgIpc) is 0. The van der Waals surface area contributed by atoms with Gasteiger partial charge in [0.05, 0.1) is 0 Å². The van der Waals surface area contributed by atoms with Crippen molar-refractivity contribution < 1.29 is 569 Å². The Kier molecular flexibility index (Phi) is 1770000. The first-order valence-electron chi connectivity index (χ1n) is 0. The molecule has 0 atom stereocenters. The molecule has 0 bridgehead atoms. The maximum atomic E-state index is 0. The molecule has 0 aliphatic carbocycles. The summed E-state index contributed by atoms with van der Waals surface area (Å²) in [6.45, 7) is 0. The van der Waals surface area contributed by atoms with Crippen LogP contribution in [0.15, 0.2) is 0 Å². The maximum Gasteiger partial charge on any atom is 2.00 e. The Morgan fingerprint density at radius 3 is 0.0286 bits per heavy atom. The Morgan fingerprint density at radius 1 is 0.0286 bits per heavy atom. The minimum Gasteiger partial charge on any atom is -2.00 e. The summed E-state index contributed by atoms with van der Waals surface area (Å²) >= 11 is 0. The predicted molar refractivity (Wildman–Crippen MR) is 37.1 cm³/mol. The van der Waals surface area contributed by atoms with Gasteiger partial charge in [-0.1, -0.05) is 0 Å². The van der Waals surface area contributed by atoms with Gasteiger partial charge < -0.3 is 296 Å². The van der Waals surface area contributed by atoms with Crippen molar-refractivity contribution in [3.8, 4) is 0 Å². The zero-order chi connectivity index (χ0) is 0. The van der Waals surface area contributed by atoms with Gasteiger partial charge in [-0.25, -0.2) is 0 Å². The van der Waals surface area contributed by atoms with Crippen molar-refractivity contribution in [2.24, 2.45) is 0 Å². The van der Waals surface area contributed by atoms with E-state index in [1.54, 1.807) is 0 Å². The molecule has 0 aromatic heterocycles. The Hall–Kier alpha value is 6.15. The van der Waals surface area contributed by atoms with Gasteiger partial charge in [0.25, 0.3) is 0 Å². The van der Waals surface area contributed by atoms with Crippen LogP contribution < -0.4 is 0 Å². The van der Waals surface area contributed by atoms with Gasteiger partial charge in [-0.2, -0.15) is 0 Å². The summed E-state index contributed by atoms with van der Waals surface area (Å²) in [6.07, 6.45) is 0. The van der Waals surface area contributed by atoms with E-state index in [1.165, 1.54) is 0 Å². The van der Waals surface area contributed by atoms with Crippen molar-refractivity contribution in [3.63, 3.8) is 0 Å². The van der Waals surface area contributed by atoms with Crippen molar-refractivity contribution in [1.82, 2.24) is 0 Å². The Balaban J connectivity index is 0. The molecular formula is Cu16O54-76. The van der Waals surface area contributed by atoms with E-state index in [9.17, 15) is 0 Å². The van der Waals surface area contributed by atoms with E-state index in [0.717, 1.165) is 0 Å². The number of hydrogen-bond donors (Lipinski definition) is 0. The molecule has 0 heterocycles. The molecule has 0 N–H and O–H groups in total. The molecule has 0 amide bonds. The molecule has 576 valence electrons. The SMILES string of the molecule is [Cu+2].[Cu+2].[Cu+2].[Cu+2].[Cu+2].[Cu+2].[Cu+2].[Cu+2].[Cu+2].[Cu+2].[Cu+2].[Cu+2].[Cu+2].[Cu+2].[Cu+2].[Cu+2].[O-2].[O-2].[O-2].[O-2].[O-2].[O-2].[O-2].[O-2].[O-2].[O-2].[O-2].[O-2].[O-2].[O-2].[O-2].[O-2].[O-2].[O-2].[O-2].[O-2].[O-2].[O-2].[O-2].[O-2].[O-2].[O-2].[O-2].[O-2].[O-2].[O-2].[O-2].[O-2].[O-2].[O-2].[O-2].[O-2].[O-2].[O-2].[O-2].[O-2].[O-2].[O-2].[O-2].[O-2].[O-2].[O-2].[O-2].[O-2].[O-2].[O-2].[O-2].[O-2].[O-2].[O-2]. The van der Waals surface area contributed by atoms with E-state index in [1.807, 2.05) is 0 Å². The van der Waals surface area contributed by atoms with Gasteiger partial charge in [0.2, 0.25) is 0 Å². The maximum absolute atomic E-state index is 0. The monoisotopic (exact) mass is 1870 g/mol. The van der Waals surface area contributed by atoms with E-state index >= 15 is 0 Å². The van der Waals surface area contributed by atoms with Crippen LogP contribution in [0.3, 0.4) is 0 Å². The molecular weight excluding hydrogens is 1880 g/mol. The minimum absolute atomic E-state index is 0. The fourth-order valence-electron chi connectivity index (χ4n) is 0. The third-order valence-corrected chi connectivity index (χ3v) is 0. The van der Waals surface area contributed by atoms with E-state index in [4.69, 9.17) is 0 Å². The second-order valence-electron chi connectivity index (χ2n) is 0. The number of rotatable bonds is 0. The molecule has 0 aromatic rings. The van der Waals surface area contributed by atoms with Crippen LogP contribution in [-0.4, -0.2) is 0 Å². The molecule has 70 heteroatoms. The summed E-state index contributed by atoms with van der Waals surface area (Å²) in [4.78, 5) is 0. The van der Waals surface area contributed by atoms with Gasteiger partial charge in [0, 0.05) is 0 Å². The van der Waals surface area contributed by atoms with E-state index in [0.29, 0.717) is 0 Å². The molecule has 0 saturated carbocycles. The minimum atomic E-state index is 0. The summed E-state index contributed by atoms with van der Waals surface area (Å²) in [6, 6.07) is 0. The van der Waals surface area contributed by atoms with Gasteiger partial charge in [0.1, 0.15) is 0 Å². The van der Waals surface area contributed by atoms with Gasteiger partial charge in [-0.15, -0.1) is 0 Å². The smallest absolute Gasteiger partial charge is 2.00 e. The molecule has 0 aromatic carbocycles. The second-order valence-corrected chi connectivity index (χ2v) is 0. The van der Waals surface area contributed by atoms with E-state index in [-0.39, 0.29) is 569 Å². The van der Waals surface area contributed by atoms with Crippen LogP contribution in [0.5, 0.6) is 0 Å². The molecule has 0 unspecified atom stereocenters. The molecule has 0 aliphatic heterocycles. The molecule has 70 heavy (non-hydrogen) atoms. The summed E-state index contributed by atoms with van der Waals surface area (Å²) in [5.41, 5.74) is 0. The molecule has 0 aliphatic rings. The first-order valence-corrected chi connectivity index (χ1v) is 0. The Bertz CT molecular complexity index is 54.3. The Morgan fingerprint density at radius 2 is 0.0286 bits per heavy atom. The zero-order valence-electron chi connectivity index (χ0n) is 26.9. The fourth-order valence-corrected chi connectivity index (χ4v) is 0. The van der Waals surface area contributed by atoms with E-state index < -0.39 is 0 Å². The van der Waals surface area contributed by atoms with Crippen LogP contribution >= 0.6 is 0 Å². The quantitative estimate of drug-likeness (QED) is 0.204. The topological polar surface area (TPSA) is 1540 Å². The largest absolute Gasteiger partial charge is 2.00 e. The first-order chi connectivity index (χ1) is 0. The van der Waals surface area contributed by atoms with Crippen LogP contribution in [-0.2, 0) is 569 Å². The van der Waals surface area contributed by atoms with Crippen molar-refractivity contribution in [2.75, 3.05) is 0 Å². The summed E-state index contributed by atoms with van der Waals surface area (Å²) in [5.74, 6) is 0. The summed E-state index contributed by atoms with van der Waals surface area (Å²) in [5, 5.41) is 0. The average molecular weight is 1880 g/mol. The van der Waals surface area contributed by atoms with Crippen LogP contribution in [0.1, 0.15) is 0 Å². The van der Waals surface area contributed by atoms with Gasteiger partial charge >= 0.3 is 273 Å². The predicted octanol–water partition coefficient (Wildman–Crippen LogP) is -6.46. The molecule has 0 saturated heterocycles. The summed E-state index contributed by atoms with van der Waals surface area (Å²) < 4.78 is 0. The molecule has 54 nitrogen and oxygen atoms in total. The zero-order valence-corrected chi connectivity index (χ0v) is 41.9. The fraction of sp³-hybridized carbons (Fsp3) is 0. The van der Waals surface area contributed by atoms with Gasteiger partial charge in [-0.3, -0.25) is 0 Å². The number of hydrogen-bond acceptors (Lipinski definition) is 0. The molecule has 0 fully saturated rings. The van der Waals surface area contributed by atoms with Crippen molar-refractivity contribution >= 4 is 0 Å². The summed E-state index contributed by atoms with van der Waals surface area (Å²) in [7, 11) is 0. The molecule has 16 radical (unpaired) electrons. The molecule has 0 rings (SSSR count). The van der Waals surface area contributed by atoms with Gasteiger partial charge in [0.15, 0.2) is 0 Å². The van der Waals surface area contributed by atoms with Crippen molar-refractivity contribution in [1.29, 1.82) is 0 Å². The van der Waals surface area contributed by atoms with Crippen LogP contribution in [0.4, 0.5) is 0 Å². The van der Waals surface area contributed by atoms with Crippen LogP contribution in [0.25, 0.3) is 0 Å². The van der Waals surface area contributed by atoms with E-state index in [2.05, 4.69) is 0 Å². The van der Waals surface area contributed by atoms with Crippen molar-refractivity contribution in [3.05, 3.63) is 0 Å². The second kappa shape index (κ2) is 10900. The van der Waals surface area contributed by atoms with Crippen LogP contribution in [0.2, 0.25) is 0 Å². The molecule has 0 spiro atoms. The van der Waals surface area contributed by atoms with Crippen LogP contribution in [0, 0.1) is 0 Å². The third kappa shape index (κ3) is 10500. The standard InChI is InChI=1S/16Cu.54O/q16*+2;54*-2. The van der Waals surface area contributed by atoms with Crippen molar-refractivity contribution in [2.45, 2.75) is 0 Å². The van der Waals surface area contributed by atoms with Gasteiger partial charge in [-0.05, 0) is 0 Å². The Labute approximate surface area is 563 Å².